The molecule has 4 atom stereocenters. The number of ether oxygens (including phenoxy) is 1. The van der Waals surface area contributed by atoms with Crippen LogP contribution in [-0.2, 0) is 25.0 Å². The molecule has 0 amide bonds. The summed E-state index contributed by atoms with van der Waals surface area (Å²) in [6.07, 6.45) is 4.45. The molecule has 2 unspecified atom stereocenters. The molecule has 3 heterocycles. The lowest BCUT2D eigenvalue weighted by Crippen LogP contribution is -2.33. The number of rotatable bonds is 6. The van der Waals surface area contributed by atoms with E-state index in [1.807, 2.05) is 18.2 Å². The van der Waals surface area contributed by atoms with E-state index in [2.05, 4.69) is 18.8 Å². The predicted octanol–water partition coefficient (Wildman–Crippen LogP) is 3.55. The van der Waals surface area contributed by atoms with E-state index in [0.29, 0.717) is 11.3 Å². The smallest absolute Gasteiger partial charge is 0.403 e. The summed E-state index contributed by atoms with van der Waals surface area (Å²) in [5.74, 6) is 0.796. The molecule has 0 fully saturated rings. The van der Waals surface area contributed by atoms with Gasteiger partial charge in [0.2, 0.25) is 0 Å². The monoisotopic (exact) mass is 448 g/mol. The second-order valence-corrected chi connectivity index (χ2v) is 9.27. The molecule has 2 aliphatic heterocycles. The van der Waals surface area contributed by atoms with Crippen LogP contribution >= 0.6 is 7.82 Å². The Labute approximate surface area is 179 Å². The first-order valence-electron chi connectivity index (χ1n) is 10.2. The van der Waals surface area contributed by atoms with Crippen LogP contribution in [0.15, 0.2) is 46.1 Å². The van der Waals surface area contributed by atoms with Gasteiger partial charge in [0.15, 0.2) is 6.23 Å². The first-order chi connectivity index (χ1) is 14.8. The molecule has 0 saturated heterocycles. The number of nitrogens with one attached hydrogen (secondary N) is 1. The molecule has 9 nitrogen and oxygen atoms in total. The Kier molecular flexibility index (Phi) is 6.03. The third-order valence-corrected chi connectivity index (χ3v) is 6.79. The summed E-state index contributed by atoms with van der Waals surface area (Å²) in [7, 11) is -3.82. The van der Waals surface area contributed by atoms with Gasteiger partial charge in [-0.15, -0.1) is 0 Å². The van der Waals surface area contributed by atoms with Crippen molar-refractivity contribution in [2.24, 2.45) is 0 Å². The molecular formula is C21H25N2O7P. The molecular weight excluding hydrogens is 423 g/mol. The van der Waals surface area contributed by atoms with Gasteiger partial charge in [-0.2, -0.15) is 0 Å². The minimum Gasteiger partial charge on any atom is -0.403 e. The van der Waals surface area contributed by atoms with Gasteiger partial charge in [0, 0.05) is 17.3 Å². The van der Waals surface area contributed by atoms with Crippen LogP contribution < -0.4 is 15.8 Å². The lowest BCUT2D eigenvalue weighted by Gasteiger charge is -2.28. The first kappa shape index (κ1) is 21.8. The van der Waals surface area contributed by atoms with Crippen molar-refractivity contribution in [3.05, 3.63) is 74.1 Å². The fraction of sp³-hybridized carbons (Fsp3) is 0.429. The molecule has 2 aliphatic rings. The van der Waals surface area contributed by atoms with Gasteiger partial charge in [-0.1, -0.05) is 38.1 Å². The van der Waals surface area contributed by atoms with Crippen molar-refractivity contribution in [1.29, 1.82) is 0 Å². The number of fused-ring (bicyclic) bond motifs is 1. The number of hydrogen-bond acceptors (Lipinski definition) is 7. The highest BCUT2D eigenvalue weighted by atomic mass is 31.2. The Bertz CT molecular complexity index is 1170. The van der Waals surface area contributed by atoms with Crippen molar-refractivity contribution < 1.29 is 22.9 Å². The molecule has 1 aromatic carbocycles. The maximum Gasteiger partial charge on any atom is 0.530 e. The Morgan fingerprint density at radius 2 is 2.13 bits per heavy atom. The topological polar surface area (TPSA) is 109 Å². The largest absolute Gasteiger partial charge is 0.530 e. The van der Waals surface area contributed by atoms with Crippen molar-refractivity contribution >= 4 is 7.82 Å². The lowest BCUT2D eigenvalue weighted by atomic mass is 9.96. The van der Waals surface area contributed by atoms with Gasteiger partial charge in [0.25, 0.3) is 5.56 Å². The van der Waals surface area contributed by atoms with Crippen molar-refractivity contribution in [2.75, 3.05) is 6.61 Å². The van der Waals surface area contributed by atoms with Gasteiger partial charge >= 0.3 is 13.5 Å². The zero-order valence-corrected chi connectivity index (χ0v) is 18.5. The van der Waals surface area contributed by atoms with E-state index in [-0.39, 0.29) is 19.1 Å². The number of benzene rings is 1. The average molecular weight is 448 g/mol. The van der Waals surface area contributed by atoms with E-state index in [9.17, 15) is 14.2 Å². The first-order valence-corrected chi connectivity index (χ1v) is 11.6. The number of aromatic nitrogens is 2. The molecule has 0 aliphatic carbocycles. The van der Waals surface area contributed by atoms with Crippen LogP contribution in [0.25, 0.3) is 0 Å². The zero-order chi connectivity index (χ0) is 22.2. The van der Waals surface area contributed by atoms with Crippen molar-refractivity contribution in [2.45, 2.75) is 52.0 Å². The number of para-hydroxylation sites is 1. The van der Waals surface area contributed by atoms with E-state index in [0.717, 1.165) is 17.5 Å². The number of nitrogens with zero attached hydrogens (tertiary/aromatic N) is 1. The summed E-state index contributed by atoms with van der Waals surface area (Å²) in [6, 6.07) is 5.77. The standard InChI is InChI=1S/C21H25N2O7P/c1-4-13(2)17-7-5-6-15-11-27-31(26,30-19(15)17)28-12-16-8-9-18(29-16)23-10-14(3)20(24)22-21(23)25/h5-10,13,16,18H,4,11-12H2,1-3H3,(H,22,24,25)/t13?,16-,18+,31?/m0/s1. The molecule has 31 heavy (non-hydrogen) atoms. The summed E-state index contributed by atoms with van der Waals surface area (Å²) in [4.78, 5) is 25.8. The molecule has 10 heteroatoms. The second kappa shape index (κ2) is 8.59. The third kappa shape index (κ3) is 4.45. The zero-order valence-electron chi connectivity index (χ0n) is 17.6. The van der Waals surface area contributed by atoms with E-state index < -0.39 is 31.4 Å². The lowest BCUT2D eigenvalue weighted by molar-refractivity contribution is -0.0130. The molecule has 1 N–H and O–H groups in total. The van der Waals surface area contributed by atoms with Crippen LogP contribution in [0.1, 0.15) is 49.1 Å². The summed E-state index contributed by atoms with van der Waals surface area (Å²) in [5.41, 5.74) is 1.17. The number of aryl methyl sites for hydroxylation is 1. The minimum absolute atomic E-state index is 0.0812. The Hall–Kier alpha value is -2.45. The number of H-pyrrole nitrogens is 1. The number of phosphoric ester groups is 1. The van der Waals surface area contributed by atoms with Crippen molar-refractivity contribution in [3.63, 3.8) is 0 Å². The quantitative estimate of drug-likeness (QED) is 0.532. The van der Waals surface area contributed by atoms with Crippen LogP contribution in [-0.4, -0.2) is 22.3 Å². The van der Waals surface area contributed by atoms with Crippen LogP contribution in [0.5, 0.6) is 5.75 Å². The molecule has 0 saturated carbocycles. The molecule has 0 radical (unpaired) electrons. The van der Waals surface area contributed by atoms with E-state index >= 15 is 0 Å². The SMILES string of the molecule is CCC(C)c1cccc2c1OP(=O)(OC[C@@H]1C=C[C@H](n3cc(C)c(=O)[nH]c3=O)O1)OC2. The number of aromatic amines is 1. The Morgan fingerprint density at radius 3 is 2.90 bits per heavy atom. The van der Waals surface area contributed by atoms with Crippen LogP contribution in [0.4, 0.5) is 0 Å². The van der Waals surface area contributed by atoms with E-state index in [1.165, 1.54) is 10.8 Å². The third-order valence-electron chi connectivity index (χ3n) is 5.47. The molecule has 0 bridgehead atoms. The van der Waals surface area contributed by atoms with Gasteiger partial charge in [-0.05, 0) is 30.9 Å². The normalized spacial score (nSPS) is 25.8. The highest BCUT2D eigenvalue weighted by molar-refractivity contribution is 7.49. The fourth-order valence-electron chi connectivity index (χ4n) is 3.47. The molecule has 2 aromatic rings. The average Bonchev–Trinajstić information content (AvgIpc) is 3.23. The Balaban J connectivity index is 1.43. The molecule has 4 rings (SSSR count). The van der Waals surface area contributed by atoms with Gasteiger partial charge < -0.3 is 9.26 Å². The van der Waals surface area contributed by atoms with Gasteiger partial charge in [-0.25, -0.2) is 9.36 Å². The molecule has 1 aromatic heterocycles. The summed E-state index contributed by atoms with van der Waals surface area (Å²) in [6.45, 7) is 5.81. The maximum atomic E-state index is 13.1. The highest BCUT2D eigenvalue weighted by Gasteiger charge is 2.37. The minimum atomic E-state index is -3.82. The Morgan fingerprint density at radius 1 is 1.32 bits per heavy atom. The van der Waals surface area contributed by atoms with E-state index in [4.69, 9.17) is 18.3 Å². The van der Waals surface area contributed by atoms with Gasteiger partial charge in [0.1, 0.15) is 11.9 Å². The van der Waals surface area contributed by atoms with Crippen LogP contribution in [0, 0.1) is 6.92 Å². The van der Waals surface area contributed by atoms with Crippen molar-refractivity contribution in [1.82, 2.24) is 9.55 Å². The van der Waals surface area contributed by atoms with Crippen LogP contribution in [0.3, 0.4) is 0 Å². The summed E-state index contributed by atoms with van der Waals surface area (Å²) < 4.78 is 36.8. The second-order valence-electron chi connectivity index (χ2n) is 7.68. The van der Waals surface area contributed by atoms with Gasteiger partial charge in [0.05, 0.1) is 13.2 Å². The van der Waals surface area contributed by atoms with Gasteiger partial charge in [-0.3, -0.25) is 23.4 Å². The summed E-state index contributed by atoms with van der Waals surface area (Å²) in [5, 5.41) is 0. The van der Waals surface area contributed by atoms with Crippen LogP contribution in [0.2, 0.25) is 0 Å². The summed E-state index contributed by atoms with van der Waals surface area (Å²) >= 11 is 0. The fourth-order valence-corrected chi connectivity index (χ4v) is 4.72. The van der Waals surface area contributed by atoms with Crippen molar-refractivity contribution in [3.8, 4) is 5.75 Å². The number of phosphoric acid groups is 1. The highest BCUT2D eigenvalue weighted by Crippen LogP contribution is 2.56. The van der Waals surface area contributed by atoms with E-state index in [1.54, 1.807) is 19.1 Å². The maximum absolute atomic E-state index is 13.1. The predicted molar refractivity (Wildman–Crippen MR) is 113 cm³/mol. The molecule has 0 spiro atoms. The molecule has 166 valence electrons. The number of hydrogen-bond donors (Lipinski definition) is 1.